The Morgan fingerprint density at radius 3 is 2.53 bits per heavy atom. The fourth-order valence-corrected chi connectivity index (χ4v) is 1.85. The van der Waals surface area contributed by atoms with E-state index < -0.39 is 5.97 Å². The number of aryl methyl sites for hydroxylation is 3. The van der Waals surface area contributed by atoms with Crippen LogP contribution in [0.3, 0.4) is 0 Å². The van der Waals surface area contributed by atoms with Crippen molar-refractivity contribution in [3.05, 3.63) is 52.5 Å². The lowest BCUT2D eigenvalue weighted by Gasteiger charge is -2.01. The molecule has 1 aromatic carbocycles. The number of rotatable bonds is 3. The molecule has 98 valence electrons. The number of carboxylic acids is 1. The molecule has 0 unspecified atom stereocenters. The lowest BCUT2D eigenvalue weighted by Crippen LogP contribution is -1.95. The van der Waals surface area contributed by atoms with Crippen molar-refractivity contribution in [3.8, 4) is 0 Å². The van der Waals surface area contributed by atoms with Crippen LogP contribution in [0.4, 0.5) is 5.69 Å². The standard InChI is InChI=1S/C15H15NO3/c1-9-6-12(15(17)18)4-5-14(9)16-8-13-7-10(2)19-11(13)3/h4-8H,1-3H3,(H,17,18). The fraction of sp³-hybridized carbons (Fsp3) is 0.200. The van der Waals surface area contributed by atoms with E-state index in [4.69, 9.17) is 9.52 Å². The molecule has 19 heavy (non-hydrogen) atoms. The van der Waals surface area contributed by atoms with Crippen molar-refractivity contribution in [1.29, 1.82) is 0 Å². The van der Waals surface area contributed by atoms with Gasteiger partial charge in [-0.1, -0.05) is 0 Å². The van der Waals surface area contributed by atoms with E-state index >= 15 is 0 Å². The van der Waals surface area contributed by atoms with Crippen LogP contribution >= 0.6 is 0 Å². The molecule has 0 radical (unpaired) electrons. The van der Waals surface area contributed by atoms with Gasteiger partial charge >= 0.3 is 5.97 Å². The molecule has 1 heterocycles. The molecular formula is C15H15NO3. The molecule has 2 rings (SSSR count). The van der Waals surface area contributed by atoms with Gasteiger partial charge < -0.3 is 9.52 Å². The Morgan fingerprint density at radius 1 is 1.26 bits per heavy atom. The van der Waals surface area contributed by atoms with E-state index in [0.717, 1.165) is 28.3 Å². The normalized spacial score (nSPS) is 11.1. The highest BCUT2D eigenvalue weighted by Crippen LogP contribution is 2.20. The van der Waals surface area contributed by atoms with Crippen LogP contribution in [-0.2, 0) is 0 Å². The molecule has 0 aliphatic heterocycles. The molecule has 1 aromatic heterocycles. The fourth-order valence-electron chi connectivity index (χ4n) is 1.85. The Kier molecular flexibility index (Phi) is 3.51. The summed E-state index contributed by atoms with van der Waals surface area (Å²) in [7, 11) is 0. The molecule has 0 atom stereocenters. The van der Waals surface area contributed by atoms with Crippen LogP contribution in [0.25, 0.3) is 0 Å². The number of benzene rings is 1. The maximum Gasteiger partial charge on any atom is 0.335 e. The van der Waals surface area contributed by atoms with Gasteiger partial charge in [0.1, 0.15) is 11.5 Å². The van der Waals surface area contributed by atoms with Crippen LogP contribution in [0, 0.1) is 20.8 Å². The number of carboxylic acid groups (broad SMARTS) is 1. The maximum absolute atomic E-state index is 10.8. The first kappa shape index (κ1) is 13.1. The van der Waals surface area contributed by atoms with Crippen molar-refractivity contribution >= 4 is 17.9 Å². The summed E-state index contributed by atoms with van der Waals surface area (Å²) in [5.41, 5.74) is 2.78. The first-order valence-corrected chi connectivity index (χ1v) is 5.92. The van der Waals surface area contributed by atoms with Crippen LogP contribution in [0.1, 0.15) is 33.0 Å². The highest BCUT2D eigenvalue weighted by molar-refractivity contribution is 5.89. The third-order valence-electron chi connectivity index (χ3n) is 2.87. The van der Waals surface area contributed by atoms with Crippen molar-refractivity contribution in [3.63, 3.8) is 0 Å². The topological polar surface area (TPSA) is 62.8 Å². The van der Waals surface area contributed by atoms with Crippen molar-refractivity contribution in [2.75, 3.05) is 0 Å². The number of furan rings is 1. The van der Waals surface area contributed by atoms with Gasteiger partial charge in [-0.3, -0.25) is 4.99 Å². The van der Waals surface area contributed by atoms with Crippen LogP contribution in [0.2, 0.25) is 0 Å². The summed E-state index contributed by atoms with van der Waals surface area (Å²) in [6.07, 6.45) is 1.73. The maximum atomic E-state index is 10.8. The molecule has 0 bridgehead atoms. The average Bonchev–Trinajstić information content (AvgIpc) is 2.66. The van der Waals surface area contributed by atoms with Crippen molar-refractivity contribution in [1.82, 2.24) is 0 Å². The Balaban J connectivity index is 2.29. The number of nitrogens with zero attached hydrogens (tertiary/aromatic N) is 1. The summed E-state index contributed by atoms with van der Waals surface area (Å²) in [6, 6.07) is 6.79. The van der Waals surface area contributed by atoms with Gasteiger partial charge in [0.25, 0.3) is 0 Å². The zero-order valence-electron chi connectivity index (χ0n) is 11.1. The number of aromatic carboxylic acids is 1. The van der Waals surface area contributed by atoms with Gasteiger partial charge in [0.2, 0.25) is 0 Å². The van der Waals surface area contributed by atoms with Gasteiger partial charge in [-0.2, -0.15) is 0 Å². The third-order valence-corrected chi connectivity index (χ3v) is 2.87. The zero-order valence-corrected chi connectivity index (χ0v) is 11.1. The Morgan fingerprint density at radius 2 is 2.00 bits per heavy atom. The third kappa shape index (κ3) is 2.91. The summed E-state index contributed by atoms with van der Waals surface area (Å²) in [4.78, 5) is 15.2. The van der Waals surface area contributed by atoms with Crippen LogP contribution in [-0.4, -0.2) is 17.3 Å². The van der Waals surface area contributed by atoms with Gasteiger partial charge in [0.05, 0.1) is 11.3 Å². The molecule has 0 aliphatic rings. The SMILES string of the molecule is Cc1cc(C=Nc2ccc(C(=O)O)cc2C)c(C)o1. The Hall–Kier alpha value is -2.36. The summed E-state index contributed by atoms with van der Waals surface area (Å²) in [6.45, 7) is 5.61. The number of hydrogen-bond donors (Lipinski definition) is 1. The second kappa shape index (κ2) is 5.10. The van der Waals surface area contributed by atoms with E-state index in [9.17, 15) is 4.79 Å². The molecule has 2 aromatic rings. The first-order valence-electron chi connectivity index (χ1n) is 5.92. The molecule has 4 nitrogen and oxygen atoms in total. The van der Waals surface area contributed by atoms with Gasteiger partial charge in [-0.25, -0.2) is 4.79 Å². The minimum atomic E-state index is -0.931. The minimum Gasteiger partial charge on any atom is -0.478 e. The van der Waals surface area contributed by atoms with Gasteiger partial charge in [-0.05, 0) is 50.6 Å². The largest absolute Gasteiger partial charge is 0.478 e. The number of carbonyl (C=O) groups is 1. The first-order chi connectivity index (χ1) is 8.97. The van der Waals surface area contributed by atoms with E-state index in [-0.39, 0.29) is 5.56 Å². The Bertz CT molecular complexity index is 653. The smallest absolute Gasteiger partial charge is 0.335 e. The molecule has 0 aliphatic carbocycles. The molecule has 4 heteroatoms. The van der Waals surface area contributed by atoms with Crippen molar-refractivity contribution in [2.24, 2.45) is 4.99 Å². The minimum absolute atomic E-state index is 0.270. The molecule has 0 saturated carbocycles. The van der Waals surface area contributed by atoms with Crippen molar-refractivity contribution in [2.45, 2.75) is 20.8 Å². The second-order valence-corrected chi connectivity index (χ2v) is 4.43. The molecule has 0 amide bonds. The number of aliphatic imine (C=N–C) groups is 1. The average molecular weight is 257 g/mol. The molecule has 1 N–H and O–H groups in total. The summed E-state index contributed by atoms with van der Waals surface area (Å²) < 4.78 is 5.41. The monoisotopic (exact) mass is 257 g/mol. The van der Waals surface area contributed by atoms with Crippen LogP contribution in [0.5, 0.6) is 0 Å². The molecular weight excluding hydrogens is 242 g/mol. The van der Waals surface area contributed by atoms with E-state index in [1.807, 2.05) is 26.8 Å². The van der Waals surface area contributed by atoms with Gasteiger partial charge in [-0.15, -0.1) is 0 Å². The Labute approximate surface area is 111 Å². The zero-order chi connectivity index (χ0) is 14.0. The van der Waals surface area contributed by atoms with Crippen molar-refractivity contribution < 1.29 is 14.3 Å². The van der Waals surface area contributed by atoms with E-state index in [0.29, 0.717) is 0 Å². The van der Waals surface area contributed by atoms with Crippen LogP contribution in [0.15, 0.2) is 33.7 Å². The van der Waals surface area contributed by atoms with E-state index in [1.165, 1.54) is 0 Å². The predicted octanol–water partition coefficient (Wildman–Crippen LogP) is 3.65. The summed E-state index contributed by atoms with van der Waals surface area (Å²) in [5, 5.41) is 8.90. The lowest BCUT2D eigenvalue weighted by molar-refractivity contribution is 0.0697. The molecule has 0 fully saturated rings. The van der Waals surface area contributed by atoms with E-state index in [2.05, 4.69) is 4.99 Å². The van der Waals surface area contributed by atoms with Gasteiger partial charge in [0, 0.05) is 11.8 Å². The molecule has 0 spiro atoms. The quantitative estimate of drug-likeness (QED) is 0.853. The van der Waals surface area contributed by atoms with Gasteiger partial charge in [0.15, 0.2) is 0 Å². The van der Waals surface area contributed by atoms with Crippen LogP contribution < -0.4 is 0 Å². The predicted molar refractivity (Wildman–Crippen MR) is 73.6 cm³/mol. The number of hydrogen-bond acceptors (Lipinski definition) is 3. The lowest BCUT2D eigenvalue weighted by atomic mass is 10.1. The van der Waals surface area contributed by atoms with E-state index in [1.54, 1.807) is 24.4 Å². The second-order valence-electron chi connectivity index (χ2n) is 4.43. The summed E-state index contributed by atoms with van der Waals surface area (Å²) >= 11 is 0. The highest BCUT2D eigenvalue weighted by atomic mass is 16.4. The highest BCUT2D eigenvalue weighted by Gasteiger charge is 2.05. The summed E-state index contributed by atoms with van der Waals surface area (Å²) in [5.74, 6) is 0.734. The molecule has 0 saturated heterocycles.